The molecule has 0 radical (unpaired) electrons. The summed E-state index contributed by atoms with van der Waals surface area (Å²) in [5.41, 5.74) is 0.575. The topological polar surface area (TPSA) is 51.0 Å². The van der Waals surface area contributed by atoms with Crippen molar-refractivity contribution in [1.29, 1.82) is 0 Å². The largest absolute Gasteiger partial charge is 0.334 e. The zero-order chi connectivity index (χ0) is 12.3. The summed E-state index contributed by atoms with van der Waals surface area (Å²) in [6, 6.07) is 5.23. The van der Waals surface area contributed by atoms with Gasteiger partial charge in [0.25, 0.3) is 5.89 Å². The molecule has 2 aromatic rings. The molecule has 17 heavy (non-hydrogen) atoms. The average molecular weight is 272 g/mol. The summed E-state index contributed by atoms with van der Waals surface area (Å²) < 4.78 is 5.14. The van der Waals surface area contributed by atoms with Gasteiger partial charge in [0.1, 0.15) is 0 Å². The normalized spacial score (nSPS) is 10.8. The van der Waals surface area contributed by atoms with Crippen LogP contribution in [0.1, 0.15) is 12.7 Å². The van der Waals surface area contributed by atoms with Crippen molar-refractivity contribution in [3.05, 3.63) is 34.1 Å². The molecular formula is C11H11Cl2N3O. The number of aromatic nitrogens is 2. The highest BCUT2D eigenvalue weighted by Crippen LogP contribution is 2.33. The quantitative estimate of drug-likeness (QED) is 0.928. The average Bonchev–Trinajstić information content (AvgIpc) is 2.75. The van der Waals surface area contributed by atoms with Crippen molar-refractivity contribution < 1.29 is 4.52 Å². The third-order valence-electron chi connectivity index (χ3n) is 2.18. The van der Waals surface area contributed by atoms with Gasteiger partial charge in [-0.25, -0.2) is 0 Å². The zero-order valence-corrected chi connectivity index (χ0v) is 10.7. The molecule has 1 aromatic heterocycles. The van der Waals surface area contributed by atoms with Crippen LogP contribution in [0.15, 0.2) is 22.7 Å². The van der Waals surface area contributed by atoms with Crippen LogP contribution in [0.3, 0.4) is 0 Å². The van der Waals surface area contributed by atoms with E-state index in [1.807, 2.05) is 6.92 Å². The van der Waals surface area contributed by atoms with E-state index in [-0.39, 0.29) is 0 Å². The van der Waals surface area contributed by atoms with E-state index in [1.54, 1.807) is 18.2 Å². The van der Waals surface area contributed by atoms with Crippen LogP contribution in [-0.4, -0.2) is 16.7 Å². The minimum absolute atomic E-state index is 0.341. The summed E-state index contributed by atoms with van der Waals surface area (Å²) >= 11 is 12.1. The highest BCUT2D eigenvalue weighted by atomic mass is 35.5. The maximum Gasteiger partial charge on any atom is 0.261 e. The maximum atomic E-state index is 6.05. The molecule has 0 aliphatic rings. The molecule has 0 aliphatic carbocycles. The fraction of sp³-hybridized carbons (Fsp3) is 0.273. The van der Waals surface area contributed by atoms with E-state index in [9.17, 15) is 0 Å². The van der Waals surface area contributed by atoms with E-state index in [4.69, 9.17) is 27.7 Å². The van der Waals surface area contributed by atoms with Crippen LogP contribution >= 0.6 is 23.2 Å². The molecule has 0 bridgehead atoms. The molecule has 1 aromatic carbocycles. The third-order valence-corrected chi connectivity index (χ3v) is 2.81. The SMILES string of the molecule is CCNCc1noc(-c2c(Cl)cccc2Cl)n1. The van der Waals surface area contributed by atoms with Gasteiger partial charge in [0.15, 0.2) is 5.82 Å². The summed E-state index contributed by atoms with van der Waals surface area (Å²) in [6.45, 7) is 3.41. The van der Waals surface area contributed by atoms with Gasteiger partial charge in [0.05, 0.1) is 22.2 Å². The van der Waals surface area contributed by atoms with E-state index in [0.29, 0.717) is 33.9 Å². The van der Waals surface area contributed by atoms with Crippen molar-refractivity contribution in [1.82, 2.24) is 15.5 Å². The van der Waals surface area contributed by atoms with Crippen LogP contribution in [0.25, 0.3) is 11.5 Å². The first-order valence-corrected chi connectivity index (χ1v) is 5.95. The lowest BCUT2D eigenvalue weighted by molar-refractivity contribution is 0.420. The fourth-order valence-electron chi connectivity index (χ4n) is 1.37. The van der Waals surface area contributed by atoms with Crippen molar-refractivity contribution in [2.45, 2.75) is 13.5 Å². The summed E-state index contributed by atoms with van der Waals surface area (Å²) in [5, 5.41) is 7.95. The Hall–Kier alpha value is -1.10. The summed E-state index contributed by atoms with van der Waals surface area (Å²) in [7, 11) is 0. The first-order valence-electron chi connectivity index (χ1n) is 5.20. The van der Waals surface area contributed by atoms with E-state index < -0.39 is 0 Å². The lowest BCUT2D eigenvalue weighted by atomic mass is 10.2. The van der Waals surface area contributed by atoms with Crippen LogP contribution in [0.4, 0.5) is 0 Å². The van der Waals surface area contributed by atoms with Crippen molar-refractivity contribution in [3.63, 3.8) is 0 Å². The molecule has 0 amide bonds. The Morgan fingerprint density at radius 2 is 2.00 bits per heavy atom. The molecule has 0 saturated heterocycles. The molecular weight excluding hydrogens is 261 g/mol. The number of halogens is 2. The smallest absolute Gasteiger partial charge is 0.261 e. The summed E-state index contributed by atoms with van der Waals surface area (Å²) in [6.07, 6.45) is 0. The van der Waals surface area contributed by atoms with Gasteiger partial charge in [-0.1, -0.05) is 41.3 Å². The van der Waals surface area contributed by atoms with Crippen molar-refractivity contribution in [2.75, 3.05) is 6.54 Å². The van der Waals surface area contributed by atoms with Gasteiger partial charge in [0, 0.05) is 0 Å². The van der Waals surface area contributed by atoms with Crippen molar-refractivity contribution in [3.8, 4) is 11.5 Å². The molecule has 90 valence electrons. The third kappa shape index (κ3) is 2.77. The summed E-state index contributed by atoms with van der Waals surface area (Å²) in [5.74, 6) is 0.923. The first-order chi connectivity index (χ1) is 8.22. The predicted molar refractivity (Wildman–Crippen MR) is 67.1 cm³/mol. The molecule has 1 N–H and O–H groups in total. The van der Waals surface area contributed by atoms with Crippen LogP contribution in [0.5, 0.6) is 0 Å². The minimum Gasteiger partial charge on any atom is -0.334 e. The lowest BCUT2D eigenvalue weighted by Gasteiger charge is -2.00. The molecule has 2 rings (SSSR count). The number of hydrogen-bond donors (Lipinski definition) is 1. The Labute approximate surface area is 109 Å². The zero-order valence-electron chi connectivity index (χ0n) is 9.20. The highest BCUT2D eigenvalue weighted by molar-refractivity contribution is 6.38. The highest BCUT2D eigenvalue weighted by Gasteiger charge is 2.15. The molecule has 0 atom stereocenters. The monoisotopic (exact) mass is 271 g/mol. The van der Waals surface area contributed by atoms with Gasteiger partial charge < -0.3 is 9.84 Å². The van der Waals surface area contributed by atoms with Crippen LogP contribution in [0.2, 0.25) is 10.0 Å². The van der Waals surface area contributed by atoms with E-state index in [0.717, 1.165) is 6.54 Å². The molecule has 0 unspecified atom stereocenters. The van der Waals surface area contributed by atoms with Gasteiger partial charge in [-0.05, 0) is 18.7 Å². The van der Waals surface area contributed by atoms with Crippen LogP contribution in [-0.2, 0) is 6.54 Å². The van der Waals surface area contributed by atoms with Crippen LogP contribution < -0.4 is 5.32 Å². The molecule has 4 nitrogen and oxygen atoms in total. The number of hydrogen-bond acceptors (Lipinski definition) is 4. The van der Waals surface area contributed by atoms with Gasteiger partial charge in [-0.15, -0.1) is 0 Å². The summed E-state index contributed by atoms with van der Waals surface area (Å²) in [4.78, 5) is 4.23. The van der Waals surface area contributed by atoms with E-state index in [2.05, 4.69) is 15.5 Å². The van der Waals surface area contributed by atoms with Gasteiger partial charge in [0.2, 0.25) is 0 Å². The Morgan fingerprint density at radius 1 is 1.29 bits per heavy atom. The number of rotatable bonds is 4. The molecule has 0 aliphatic heterocycles. The Balaban J connectivity index is 2.30. The Morgan fingerprint density at radius 3 is 2.65 bits per heavy atom. The second-order valence-electron chi connectivity index (χ2n) is 3.39. The minimum atomic E-state index is 0.341. The molecule has 6 heteroatoms. The first kappa shape index (κ1) is 12.4. The molecule has 1 heterocycles. The fourth-order valence-corrected chi connectivity index (χ4v) is 1.93. The second kappa shape index (κ2) is 5.49. The molecule has 0 fully saturated rings. The number of nitrogens with one attached hydrogen (secondary N) is 1. The molecule has 0 saturated carbocycles. The number of benzene rings is 1. The number of nitrogens with zero attached hydrogens (tertiary/aromatic N) is 2. The van der Waals surface area contributed by atoms with Crippen LogP contribution in [0, 0.1) is 0 Å². The second-order valence-corrected chi connectivity index (χ2v) is 4.21. The van der Waals surface area contributed by atoms with E-state index in [1.165, 1.54) is 0 Å². The van der Waals surface area contributed by atoms with Gasteiger partial charge >= 0.3 is 0 Å². The van der Waals surface area contributed by atoms with E-state index >= 15 is 0 Å². The standard InChI is InChI=1S/C11H11Cl2N3O/c1-2-14-6-9-15-11(17-16-9)10-7(12)4-3-5-8(10)13/h3-5,14H,2,6H2,1H3. The van der Waals surface area contributed by atoms with Gasteiger partial charge in [-0.3, -0.25) is 0 Å². The van der Waals surface area contributed by atoms with Crippen molar-refractivity contribution in [2.24, 2.45) is 0 Å². The lowest BCUT2D eigenvalue weighted by Crippen LogP contribution is -2.12. The Bertz CT molecular complexity index is 493. The maximum absolute atomic E-state index is 6.05. The van der Waals surface area contributed by atoms with Gasteiger partial charge in [-0.2, -0.15) is 4.98 Å². The molecule has 0 spiro atoms. The predicted octanol–water partition coefficient (Wildman–Crippen LogP) is 3.15. The van der Waals surface area contributed by atoms with Crippen molar-refractivity contribution >= 4 is 23.2 Å². The Kier molecular flexibility index (Phi) is 3.99.